The van der Waals surface area contributed by atoms with Gasteiger partial charge in [0.2, 0.25) is 10.0 Å². The summed E-state index contributed by atoms with van der Waals surface area (Å²) in [6, 6.07) is 4.20. The van der Waals surface area contributed by atoms with E-state index >= 15 is 0 Å². The zero-order chi connectivity index (χ0) is 15.5. The molecule has 116 valence electrons. The molecular formula is C10H11ClN2NaO5PS2. The van der Waals surface area contributed by atoms with E-state index in [4.69, 9.17) is 16.1 Å². The van der Waals surface area contributed by atoms with Gasteiger partial charge in [-0.2, -0.15) is 16.1 Å². The van der Waals surface area contributed by atoms with Crippen LogP contribution in [0, 0.1) is 0 Å². The maximum Gasteiger partial charge on any atom is 1.00 e. The van der Waals surface area contributed by atoms with Gasteiger partial charge in [0.25, 0.3) is 0 Å². The monoisotopic (exact) mass is 392 g/mol. The van der Waals surface area contributed by atoms with E-state index in [1.165, 1.54) is 41.1 Å². The minimum atomic E-state index is -4.25. The molecule has 1 atom stereocenters. The van der Waals surface area contributed by atoms with Crippen LogP contribution >= 0.6 is 30.5 Å². The zero-order valence-electron chi connectivity index (χ0n) is 12.3. The standard InChI is InChI=1S/C10H10ClN2O5PS2.Na.H/c11-10-9(2-1-4-12-10)18-19(14,15)7-13-21(16,17)8-3-5-20-6-8;;/h1-6,13H,7H2,(H,14,15);;/q;+1;-1. The third kappa shape index (κ3) is 5.59. The molecule has 0 fully saturated rings. The van der Waals surface area contributed by atoms with Crippen molar-refractivity contribution >= 4 is 40.6 Å². The number of pyridine rings is 1. The number of sulfonamides is 1. The fourth-order valence-electron chi connectivity index (χ4n) is 1.28. The molecule has 22 heavy (non-hydrogen) atoms. The van der Waals surface area contributed by atoms with E-state index in [0.29, 0.717) is 0 Å². The van der Waals surface area contributed by atoms with Gasteiger partial charge in [-0.05, 0) is 23.6 Å². The molecule has 2 heterocycles. The Bertz CT molecular complexity index is 777. The molecule has 0 aromatic carbocycles. The van der Waals surface area contributed by atoms with Gasteiger partial charge in [-0.3, -0.25) is 0 Å². The van der Waals surface area contributed by atoms with Crippen molar-refractivity contribution in [2.24, 2.45) is 0 Å². The topological polar surface area (TPSA) is 106 Å². The molecule has 2 N–H and O–H groups in total. The molecule has 12 heteroatoms. The molecule has 0 aliphatic carbocycles. The van der Waals surface area contributed by atoms with E-state index in [2.05, 4.69) is 4.98 Å². The van der Waals surface area contributed by atoms with Crippen LogP contribution in [0.3, 0.4) is 0 Å². The second-order valence-electron chi connectivity index (χ2n) is 3.79. The van der Waals surface area contributed by atoms with Crippen molar-refractivity contribution < 1.29 is 53.4 Å². The average molecular weight is 393 g/mol. The molecule has 0 spiro atoms. The van der Waals surface area contributed by atoms with Crippen LogP contribution in [-0.2, 0) is 14.6 Å². The Kier molecular flexibility index (Phi) is 7.51. The van der Waals surface area contributed by atoms with E-state index in [1.807, 2.05) is 4.72 Å². The van der Waals surface area contributed by atoms with Crippen LogP contribution in [0.15, 0.2) is 40.1 Å². The molecule has 2 rings (SSSR count). The third-order valence-corrected chi connectivity index (χ3v) is 5.99. The third-order valence-electron chi connectivity index (χ3n) is 2.23. The van der Waals surface area contributed by atoms with Crippen molar-refractivity contribution in [1.29, 1.82) is 0 Å². The molecular weight excluding hydrogens is 382 g/mol. The Morgan fingerprint density at radius 2 is 2.23 bits per heavy atom. The van der Waals surface area contributed by atoms with Gasteiger partial charge in [0.15, 0.2) is 10.9 Å². The van der Waals surface area contributed by atoms with Crippen LogP contribution in [-0.4, -0.2) is 24.6 Å². The second-order valence-corrected chi connectivity index (χ2v) is 8.46. The summed E-state index contributed by atoms with van der Waals surface area (Å²) in [5.41, 5.74) is 0. The number of nitrogens with zero attached hydrogens (tertiary/aromatic N) is 1. The normalized spacial score (nSPS) is 13.9. The van der Waals surface area contributed by atoms with E-state index in [1.54, 1.807) is 5.38 Å². The van der Waals surface area contributed by atoms with Crippen LogP contribution in [0.25, 0.3) is 0 Å². The van der Waals surface area contributed by atoms with Gasteiger partial charge >= 0.3 is 37.2 Å². The van der Waals surface area contributed by atoms with Crippen molar-refractivity contribution in [2.75, 3.05) is 6.29 Å². The molecule has 0 radical (unpaired) electrons. The molecule has 7 nitrogen and oxygen atoms in total. The van der Waals surface area contributed by atoms with Crippen LogP contribution in [0.4, 0.5) is 0 Å². The molecule has 1 unspecified atom stereocenters. The minimum Gasteiger partial charge on any atom is -1.00 e. The molecule has 0 bridgehead atoms. The van der Waals surface area contributed by atoms with E-state index < -0.39 is 23.9 Å². The number of hydrogen-bond acceptors (Lipinski definition) is 6. The van der Waals surface area contributed by atoms with Crippen LogP contribution in [0.1, 0.15) is 1.43 Å². The van der Waals surface area contributed by atoms with E-state index in [-0.39, 0.29) is 46.8 Å². The predicted octanol–water partition coefficient (Wildman–Crippen LogP) is -0.587. The first-order valence-corrected chi connectivity index (χ1v) is 10.0. The van der Waals surface area contributed by atoms with Gasteiger partial charge in [-0.1, -0.05) is 11.6 Å². The Balaban J connectivity index is 0.00000242. The molecule has 0 aliphatic heterocycles. The van der Waals surface area contributed by atoms with Gasteiger partial charge in [0.1, 0.15) is 6.29 Å². The number of hydrogen-bond donors (Lipinski definition) is 2. The summed E-state index contributed by atoms with van der Waals surface area (Å²) in [4.78, 5) is 13.4. The Morgan fingerprint density at radius 3 is 2.82 bits per heavy atom. The summed E-state index contributed by atoms with van der Waals surface area (Å²) in [7, 11) is -8.10. The molecule has 2 aromatic rings. The van der Waals surface area contributed by atoms with Crippen LogP contribution in [0.5, 0.6) is 5.75 Å². The molecule has 0 saturated carbocycles. The predicted molar refractivity (Wildman–Crippen MR) is 80.3 cm³/mol. The van der Waals surface area contributed by atoms with Gasteiger partial charge in [0, 0.05) is 11.6 Å². The summed E-state index contributed by atoms with van der Waals surface area (Å²) < 4.78 is 42.4. The minimum absolute atomic E-state index is 0. The van der Waals surface area contributed by atoms with Crippen molar-refractivity contribution in [2.45, 2.75) is 4.90 Å². The van der Waals surface area contributed by atoms with E-state index in [9.17, 15) is 17.9 Å². The Hall–Kier alpha value is 0.0400. The zero-order valence-corrected chi connectivity index (χ0v) is 16.6. The second kappa shape index (κ2) is 8.23. The Morgan fingerprint density at radius 1 is 1.50 bits per heavy atom. The maximum atomic E-state index is 11.9. The summed E-state index contributed by atoms with van der Waals surface area (Å²) in [5, 5.41) is 2.90. The first-order chi connectivity index (χ1) is 9.80. The molecule has 0 amide bonds. The smallest absolute Gasteiger partial charge is 1.00 e. The van der Waals surface area contributed by atoms with Crippen molar-refractivity contribution in [1.82, 2.24) is 9.71 Å². The summed E-state index contributed by atoms with van der Waals surface area (Å²) >= 11 is 6.89. The quantitative estimate of drug-likeness (QED) is 0.387. The number of aromatic nitrogens is 1. The van der Waals surface area contributed by atoms with Gasteiger partial charge in [-0.15, -0.1) is 0 Å². The van der Waals surface area contributed by atoms with Gasteiger partial charge in [-0.25, -0.2) is 18.0 Å². The van der Waals surface area contributed by atoms with Crippen molar-refractivity contribution in [3.63, 3.8) is 0 Å². The summed E-state index contributed by atoms with van der Waals surface area (Å²) in [6.45, 7) is 0. The van der Waals surface area contributed by atoms with Crippen LogP contribution in [0.2, 0.25) is 5.15 Å². The maximum absolute atomic E-state index is 11.9. The number of rotatable bonds is 6. The molecule has 0 saturated heterocycles. The fourth-order valence-corrected chi connectivity index (χ4v) is 5.03. The van der Waals surface area contributed by atoms with Crippen molar-refractivity contribution in [3.05, 3.63) is 40.3 Å². The first kappa shape index (κ1) is 20.1. The largest absolute Gasteiger partial charge is 1.00 e. The van der Waals surface area contributed by atoms with Crippen molar-refractivity contribution in [3.8, 4) is 5.75 Å². The first-order valence-electron chi connectivity index (χ1n) is 5.44. The van der Waals surface area contributed by atoms with Crippen LogP contribution < -0.4 is 38.8 Å². The Labute approximate surface area is 160 Å². The van der Waals surface area contributed by atoms with E-state index in [0.717, 1.165) is 0 Å². The fraction of sp³-hybridized carbons (Fsp3) is 0.100. The van der Waals surface area contributed by atoms with Gasteiger partial charge in [0.05, 0.1) is 4.90 Å². The SMILES string of the molecule is O=P(O)(CNS(=O)(=O)c1ccsc1)Oc1cccnc1Cl.[H-].[Na+]. The molecule has 2 aromatic heterocycles. The van der Waals surface area contributed by atoms with Gasteiger partial charge < -0.3 is 10.8 Å². The summed E-state index contributed by atoms with van der Waals surface area (Å²) in [5.74, 6) is -0.0975. The average Bonchev–Trinajstić information content (AvgIpc) is 2.94. The number of nitrogens with one attached hydrogen (secondary N) is 1. The summed E-state index contributed by atoms with van der Waals surface area (Å²) in [6.07, 6.45) is 0.604. The number of thiophene rings is 1. The number of halogens is 1. The molecule has 0 aliphatic rings.